The van der Waals surface area contributed by atoms with E-state index in [4.69, 9.17) is 0 Å². The topological polar surface area (TPSA) is 102 Å². The van der Waals surface area contributed by atoms with Crippen LogP contribution >= 0.6 is 0 Å². The molecule has 0 saturated heterocycles. The van der Waals surface area contributed by atoms with E-state index < -0.39 is 4.92 Å². The zero-order valence-corrected chi connectivity index (χ0v) is 9.36. The standard InChI is InChI=1S/C10H8N6O2/c1-6-12-13-10-11-9(14-15(6)10)7-3-2-4-8(5-7)16(17)18/h2-5H,1H3,(H,11,13,14). The Morgan fingerprint density at radius 2 is 2.22 bits per heavy atom. The molecule has 1 aromatic carbocycles. The summed E-state index contributed by atoms with van der Waals surface area (Å²) in [6.45, 7) is 1.79. The minimum atomic E-state index is -0.440. The second-order valence-corrected chi connectivity index (χ2v) is 3.76. The summed E-state index contributed by atoms with van der Waals surface area (Å²) in [5.41, 5.74) is 0.658. The third kappa shape index (κ3) is 1.51. The fraction of sp³-hybridized carbons (Fsp3) is 0.100. The highest BCUT2D eigenvalue weighted by Gasteiger charge is 2.12. The Hall–Kier alpha value is -2.77. The fourth-order valence-corrected chi connectivity index (χ4v) is 1.68. The number of non-ortho nitro benzene ring substituents is 1. The minimum Gasteiger partial charge on any atom is -0.272 e. The molecule has 0 bridgehead atoms. The first-order chi connectivity index (χ1) is 8.65. The molecule has 8 nitrogen and oxygen atoms in total. The Morgan fingerprint density at radius 1 is 1.39 bits per heavy atom. The molecule has 0 aliphatic heterocycles. The molecule has 0 atom stereocenters. The van der Waals surface area contributed by atoms with E-state index in [2.05, 4.69) is 20.3 Å². The normalized spacial score (nSPS) is 10.9. The molecular weight excluding hydrogens is 236 g/mol. The fourth-order valence-electron chi connectivity index (χ4n) is 1.68. The number of aryl methyl sites for hydroxylation is 1. The number of nitro groups is 1. The lowest BCUT2D eigenvalue weighted by atomic mass is 10.2. The Bertz CT molecular complexity index is 744. The van der Waals surface area contributed by atoms with Gasteiger partial charge in [0.25, 0.3) is 11.5 Å². The molecule has 0 aliphatic carbocycles. The first-order valence-corrected chi connectivity index (χ1v) is 5.18. The molecule has 18 heavy (non-hydrogen) atoms. The molecule has 90 valence electrons. The molecule has 3 aromatic rings. The maximum absolute atomic E-state index is 10.7. The number of fused-ring (bicyclic) bond motifs is 1. The SMILES string of the molecule is Cc1nnc2nc(-c3cccc([N+](=O)[O-])c3)[nH]n12. The lowest BCUT2D eigenvalue weighted by Crippen LogP contribution is -1.91. The van der Waals surface area contributed by atoms with Gasteiger partial charge in [-0.3, -0.25) is 15.2 Å². The average Bonchev–Trinajstić information content (AvgIpc) is 2.92. The number of nitrogens with one attached hydrogen (secondary N) is 1. The van der Waals surface area contributed by atoms with Gasteiger partial charge in [-0.05, 0) is 6.92 Å². The van der Waals surface area contributed by atoms with E-state index in [1.807, 2.05) is 0 Å². The first-order valence-electron chi connectivity index (χ1n) is 5.18. The van der Waals surface area contributed by atoms with E-state index >= 15 is 0 Å². The highest BCUT2D eigenvalue weighted by molar-refractivity contribution is 5.60. The van der Waals surface area contributed by atoms with E-state index in [9.17, 15) is 10.1 Å². The van der Waals surface area contributed by atoms with Crippen LogP contribution in [-0.2, 0) is 0 Å². The predicted molar refractivity (Wildman–Crippen MR) is 62.0 cm³/mol. The summed E-state index contributed by atoms with van der Waals surface area (Å²) in [6, 6.07) is 6.25. The van der Waals surface area contributed by atoms with E-state index in [-0.39, 0.29) is 5.69 Å². The summed E-state index contributed by atoms with van der Waals surface area (Å²) < 4.78 is 1.62. The van der Waals surface area contributed by atoms with Gasteiger partial charge in [0.1, 0.15) is 0 Å². The monoisotopic (exact) mass is 244 g/mol. The predicted octanol–water partition coefficient (Wildman–Crippen LogP) is 1.34. The van der Waals surface area contributed by atoms with Crippen molar-refractivity contribution < 1.29 is 4.92 Å². The van der Waals surface area contributed by atoms with Gasteiger partial charge in [-0.1, -0.05) is 12.1 Å². The van der Waals surface area contributed by atoms with Gasteiger partial charge in [-0.15, -0.1) is 10.2 Å². The summed E-state index contributed by atoms with van der Waals surface area (Å²) >= 11 is 0. The van der Waals surface area contributed by atoms with Crippen molar-refractivity contribution in [2.75, 3.05) is 0 Å². The lowest BCUT2D eigenvalue weighted by Gasteiger charge is -1.96. The van der Waals surface area contributed by atoms with Crippen LogP contribution in [0.5, 0.6) is 0 Å². The number of nitro benzene ring substituents is 1. The van der Waals surface area contributed by atoms with Gasteiger partial charge in [0.05, 0.1) is 4.92 Å². The molecule has 1 N–H and O–H groups in total. The Labute approximate surface area is 100 Å². The van der Waals surface area contributed by atoms with Crippen molar-refractivity contribution in [3.8, 4) is 11.4 Å². The molecule has 2 aromatic heterocycles. The van der Waals surface area contributed by atoms with Crippen molar-refractivity contribution in [1.82, 2.24) is 24.8 Å². The molecule has 8 heteroatoms. The quantitative estimate of drug-likeness (QED) is 0.541. The van der Waals surface area contributed by atoms with Gasteiger partial charge in [-0.2, -0.15) is 4.98 Å². The molecule has 3 rings (SSSR count). The van der Waals surface area contributed by atoms with Crippen molar-refractivity contribution in [3.63, 3.8) is 0 Å². The molecule has 0 amide bonds. The lowest BCUT2D eigenvalue weighted by molar-refractivity contribution is -0.384. The molecular formula is C10H8N6O2. The van der Waals surface area contributed by atoms with Gasteiger partial charge in [0.15, 0.2) is 11.6 Å². The molecule has 0 unspecified atom stereocenters. The maximum Gasteiger partial charge on any atom is 0.272 e. The van der Waals surface area contributed by atoms with Crippen molar-refractivity contribution in [1.29, 1.82) is 0 Å². The summed E-state index contributed by atoms with van der Waals surface area (Å²) in [4.78, 5) is 14.5. The summed E-state index contributed by atoms with van der Waals surface area (Å²) in [5, 5.41) is 21.4. The van der Waals surface area contributed by atoms with Crippen molar-refractivity contribution >= 4 is 11.5 Å². The minimum absolute atomic E-state index is 0.0244. The van der Waals surface area contributed by atoms with Crippen molar-refractivity contribution in [3.05, 3.63) is 40.2 Å². The van der Waals surface area contributed by atoms with E-state index in [1.54, 1.807) is 23.6 Å². The molecule has 0 fully saturated rings. The summed E-state index contributed by atoms with van der Waals surface area (Å²) in [7, 11) is 0. The second kappa shape index (κ2) is 3.62. The van der Waals surface area contributed by atoms with E-state index in [1.165, 1.54) is 12.1 Å². The van der Waals surface area contributed by atoms with Gasteiger partial charge >= 0.3 is 0 Å². The number of H-pyrrole nitrogens is 1. The summed E-state index contributed by atoms with van der Waals surface area (Å²) in [5.74, 6) is 1.63. The number of aromatic nitrogens is 5. The van der Waals surface area contributed by atoms with Crippen LogP contribution < -0.4 is 0 Å². The number of hydrogen-bond acceptors (Lipinski definition) is 5. The van der Waals surface area contributed by atoms with Crippen LogP contribution in [0.4, 0.5) is 5.69 Å². The van der Waals surface area contributed by atoms with Crippen LogP contribution in [0.1, 0.15) is 5.82 Å². The second-order valence-electron chi connectivity index (χ2n) is 3.76. The smallest absolute Gasteiger partial charge is 0.272 e. The summed E-state index contributed by atoms with van der Waals surface area (Å²) in [6.07, 6.45) is 0. The van der Waals surface area contributed by atoms with E-state index in [0.29, 0.717) is 23.0 Å². The van der Waals surface area contributed by atoms with Crippen LogP contribution in [0.2, 0.25) is 0 Å². The Balaban J connectivity index is 2.13. The number of rotatable bonds is 2. The molecule has 0 saturated carbocycles. The zero-order chi connectivity index (χ0) is 12.7. The van der Waals surface area contributed by atoms with Crippen LogP contribution in [0, 0.1) is 17.0 Å². The first kappa shape index (κ1) is 10.4. The third-order valence-corrected chi connectivity index (χ3v) is 2.57. The highest BCUT2D eigenvalue weighted by atomic mass is 16.6. The van der Waals surface area contributed by atoms with Gasteiger partial charge in [0, 0.05) is 17.7 Å². The maximum atomic E-state index is 10.7. The zero-order valence-electron chi connectivity index (χ0n) is 9.36. The molecule has 0 radical (unpaired) electrons. The Kier molecular flexibility index (Phi) is 2.09. The van der Waals surface area contributed by atoms with Gasteiger partial charge < -0.3 is 0 Å². The number of benzene rings is 1. The van der Waals surface area contributed by atoms with E-state index in [0.717, 1.165) is 0 Å². The van der Waals surface area contributed by atoms with Crippen LogP contribution in [0.15, 0.2) is 24.3 Å². The van der Waals surface area contributed by atoms with Gasteiger partial charge in [0.2, 0.25) is 0 Å². The largest absolute Gasteiger partial charge is 0.272 e. The number of hydrogen-bond donors (Lipinski definition) is 1. The van der Waals surface area contributed by atoms with Crippen molar-refractivity contribution in [2.24, 2.45) is 0 Å². The van der Waals surface area contributed by atoms with Crippen LogP contribution in [-0.4, -0.2) is 29.7 Å². The molecule has 2 heterocycles. The third-order valence-electron chi connectivity index (χ3n) is 2.57. The van der Waals surface area contributed by atoms with Crippen LogP contribution in [0.25, 0.3) is 17.2 Å². The number of nitrogens with zero attached hydrogens (tertiary/aromatic N) is 5. The highest BCUT2D eigenvalue weighted by Crippen LogP contribution is 2.21. The van der Waals surface area contributed by atoms with Crippen molar-refractivity contribution in [2.45, 2.75) is 6.92 Å². The Morgan fingerprint density at radius 3 is 2.94 bits per heavy atom. The van der Waals surface area contributed by atoms with Gasteiger partial charge in [-0.25, -0.2) is 4.52 Å². The van der Waals surface area contributed by atoms with Crippen LogP contribution in [0.3, 0.4) is 0 Å². The molecule has 0 spiro atoms. The average molecular weight is 244 g/mol. The number of aromatic amines is 1. The molecule has 0 aliphatic rings.